The molecule has 0 amide bonds. The van der Waals surface area contributed by atoms with Gasteiger partial charge >= 0.3 is 5.97 Å². The third-order valence-corrected chi connectivity index (χ3v) is 4.63. The van der Waals surface area contributed by atoms with E-state index in [1.54, 1.807) is 0 Å². The zero-order valence-electron chi connectivity index (χ0n) is 13.0. The van der Waals surface area contributed by atoms with Crippen molar-refractivity contribution in [2.24, 2.45) is 17.1 Å². The molecule has 0 spiro atoms. The summed E-state index contributed by atoms with van der Waals surface area (Å²) in [4.78, 5) is 21.3. The lowest BCUT2D eigenvalue weighted by molar-refractivity contribution is -0.138. The number of aliphatic carboxylic acids is 1. The van der Waals surface area contributed by atoms with Gasteiger partial charge in [0, 0.05) is 12.6 Å². The van der Waals surface area contributed by atoms with E-state index in [0.29, 0.717) is 18.2 Å². The molecule has 21 heavy (non-hydrogen) atoms. The Morgan fingerprint density at radius 1 is 1.48 bits per heavy atom. The van der Waals surface area contributed by atoms with E-state index in [-0.39, 0.29) is 12.5 Å². The van der Waals surface area contributed by atoms with Gasteiger partial charge in [-0.15, -0.1) is 0 Å². The average molecular weight is 296 g/mol. The van der Waals surface area contributed by atoms with Crippen LogP contribution < -0.4 is 11.1 Å². The number of carbonyl (C=O) groups is 2. The van der Waals surface area contributed by atoms with E-state index in [1.165, 1.54) is 19.3 Å². The van der Waals surface area contributed by atoms with Gasteiger partial charge in [0.05, 0.1) is 12.5 Å². The number of aldehydes is 1. The number of hydrogen-bond donors (Lipinski definition) is 3. The Morgan fingerprint density at radius 2 is 2.14 bits per heavy atom. The van der Waals surface area contributed by atoms with Crippen LogP contribution in [0.4, 0.5) is 0 Å². The first kappa shape index (κ1) is 17.9. The van der Waals surface area contributed by atoms with E-state index in [4.69, 9.17) is 10.8 Å². The van der Waals surface area contributed by atoms with Crippen LogP contribution in [0.2, 0.25) is 0 Å². The monoisotopic (exact) mass is 296 g/mol. The Kier molecular flexibility index (Phi) is 7.05. The van der Waals surface area contributed by atoms with Crippen molar-refractivity contribution in [2.75, 3.05) is 6.54 Å². The highest BCUT2D eigenvalue weighted by atomic mass is 16.4. The maximum absolute atomic E-state index is 10.7. The van der Waals surface area contributed by atoms with Crippen LogP contribution in [0.1, 0.15) is 46.0 Å². The molecule has 5 heteroatoms. The van der Waals surface area contributed by atoms with Gasteiger partial charge in [-0.05, 0) is 30.6 Å². The normalized spacial score (nSPS) is 20.9. The van der Waals surface area contributed by atoms with Crippen molar-refractivity contribution in [1.82, 2.24) is 5.32 Å². The highest BCUT2D eigenvalue weighted by molar-refractivity contribution is 5.73. The fourth-order valence-electron chi connectivity index (χ4n) is 2.68. The molecule has 0 aromatic rings. The molecule has 0 heterocycles. The number of rotatable bonds is 11. The molecule has 0 bridgehead atoms. The molecule has 4 N–H and O–H groups in total. The molecule has 1 rings (SSSR count). The summed E-state index contributed by atoms with van der Waals surface area (Å²) >= 11 is 0. The van der Waals surface area contributed by atoms with Crippen LogP contribution in [0, 0.1) is 11.3 Å². The van der Waals surface area contributed by atoms with E-state index >= 15 is 0 Å². The first-order valence-corrected chi connectivity index (χ1v) is 7.76. The summed E-state index contributed by atoms with van der Waals surface area (Å²) < 4.78 is 0. The predicted octanol–water partition coefficient (Wildman–Crippen LogP) is 1.72. The van der Waals surface area contributed by atoms with E-state index in [0.717, 1.165) is 12.3 Å². The minimum Gasteiger partial charge on any atom is -0.481 e. The Bertz CT molecular complexity index is 378. The zero-order chi connectivity index (χ0) is 15.9. The van der Waals surface area contributed by atoms with Crippen molar-refractivity contribution in [3.8, 4) is 0 Å². The van der Waals surface area contributed by atoms with Crippen LogP contribution in [-0.4, -0.2) is 36.0 Å². The first-order valence-electron chi connectivity index (χ1n) is 7.76. The van der Waals surface area contributed by atoms with Gasteiger partial charge in [-0.1, -0.05) is 32.4 Å². The fraction of sp³-hybridized carbons (Fsp3) is 0.750. The van der Waals surface area contributed by atoms with Gasteiger partial charge in [0.25, 0.3) is 0 Å². The standard InChI is InChI=1S/C16H28N2O3/c1-3-12(2)16(7-8-16)6-4-5-13(17)10-18-14(11-19)9-15(20)21/h4-5,11-14,18H,3,6-10,17H2,1-2H3,(H,20,21)/t12?,13?,14-/m1/s1. The Labute approximate surface area is 127 Å². The molecule has 1 saturated carbocycles. The predicted molar refractivity (Wildman–Crippen MR) is 83.0 cm³/mol. The molecule has 0 radical (unpaired) electrons. The number of carboxylic acid groups (broad SMARTS) is 1. The highest BCUT2D eigenvalue weighted by Crippen LogP contribution is 2.55. The number of nitrogens with one attached hydrogen (secondary N) is 1. The van der Waals surface area contributed by atoms with Crippen LogP contribution in [0.25, 0.3) is 0 Å². The van der Waals surface area contributed by atoms with E-state index in [1.807, 2.05) is 6.08 Å². The third kappa shape index (κ3) is 5.98. The molecule has 0 aliphatic heterocycles. The quantitative estimate of drug-likeness (QED) is 0.399. The minimum atomic E-state index is -0.993. The van der Waals surface area contributed by atoms with E-state index in [9.17, 15) is 9.59 Å². The lowest BCUT2D eigenvalue weighted by Crippen LogP contribution is -2.40. The maximum atomic E-state index is 10.7. The molecule has 0 aromatic heterocycles. The van der Waals surface area contributed by atoms with Gasteiger partial charge in [0.1, 0.15) is 6.29 Å². The van der Waals surface area contributed by atoms with Gasteiger partial charge in [-0.25, -0.2) is 0 Å². The molecule has 5 nitrogen and oxygen atoms in total. The average Bonchev–Trinajstić information content (AvgIpc) is 3.23. The molecular formula is C16H28N2O3. The second kappa shape index (κ2) is 8.29. The fourth-order valence-corrected chi connectivity index (χ4v) is 2.68. The molecular weight excluding hydrogens is 268 g/mol. The Balaban J connectivity index is 2.30. The summed E-state index contributed by atoms with van der Waals surface area (Å²) in [5, 5.41) is 11.5. The summed E-state index contributed by atoms with van der Waals surface area (Å²) in [6.07, 6.45) is 9.36. The van der Waals surface area contributed by atoms with Gasteiger partial charge in [0.15, 0.2) is 0 Å². The first-order chi connectivity index (χ1) is 9.93. The van der Waals surface area contributed by atoms with Gasteiger partial charge < -0.3 is 21.0 Å². The van der Waals surface area contributed by atoms with Crippen molar-refractivity contribution >= 4 is 12.3 Å². The van der Waals surface area contributed by atoms with Gasteiger partial charge in [-0.3, -0.25) is 4.79 Å². The highest BCUT2D eigenvalue weighted by Gasteiger charge is 2.44. The molecule has 1 aliphatic carbocycles. The maximum Gasteiger partial charge on any atom is 0.305 e. The van der Waals surface area contributed by atoms with E-state index < -0.39 is 12.0 Å². The number of allylic oxidation sites excluding steroid dienone is 1. The molecule has 2 unspecified atom stereocenters. The van der Waals surface area contributed by atoms with Crippen LogP contribution >= 0.6 is 0 Å². The van der Waals surface area contributed by atoms with Crippen molar-refractivity contribution in [1.29, 1.82) is 0 Å². The zero-order valence-corrected chi connectivity index (χ0v) is 13.0. The number of carboxylic acids is 1. The van der Waals surface area contributed by atoms with Crippen molar-refractivity contribution in [3.63, 3.8) is 0 Å². The SMILES string of the molecule is CCC(C)C1(CC=CC(N)CN[C@@H](C=O)CC(=O)O)CC1. The summed E-state index contributed by atoms with van der Waals surface area (Å²) in [6.45, 7) is 4.94. The second-order valence-electron chi connectivity index (χ2n) is 6.22. The molecule has 0 aromatic carbocycles. The summed E-state index contributed by atoms with van der Waals surface area (Å²) in [6, 6.07) is -0.870. The van der Waals surface area contributed by atoms with Crippen molar-refractivity contribution in [3.05, 3.63) is 12.2 Å². The topological polar surface area (TPSA) is 92.4 Å². The summed E-state index contributed by atoms with van der Waals surface area (Å²) in [5.41, 5.74) is 6.43. The summed E-state index contributed by atoms with van der Waals surface area (Å²) in [5.74, 6) is -0.251. The smallest absolute Gasteiger partial charge is 0.305 e. The van der Waals surface area contributed by atoms with Crippen molar-refractivity contribution < 1.29 is 14.7 Å². The molecule has 1 aliphatic rings. The molecule has 0 saturated heterocycles. The molecule has 1 fully saturated rings. The third-order valence-electron chi connectivity index (χ3n) is 4.63. The van der Waals surface area contributed by atoms with Crippen LogP contribution in [0.15, 0.2) is 12.2 Å². The number of nitrogens with two attached hydrogens (primary N) is 1. The lowest BCUT2D eigenvalue weighted by atomic mass is 9.85. The molecule has 3 atom stereocenters. The number of carbonyl (C=O) groups excluding carboxylic acids is 1. The minimum absolute atomic E-state index is 0.200. The lowest BCUT2D eigenvalue weighted by Gasteiger charge is -2.20. The van der Waals surface area contributed by atoms with E-state index in [2.05, 4.69) is 25.2 Å². The summed E-state index contributed by atoms with van der Waals surface area (Å²) in [7, 11) is 0. The van der Waals surface area contributed by atoms with Crippen LogP contribution in [0.5, 0.6) is 0 Å². The number of hydrogen-bond acceptors (Lipinski definition) is 4. The van der Waals surface area contributed by atoms with Gasteiger partial charge in [0.2, 0.25) is 0 Å². The molecule has 120 valence electrons. The Hall–Kier alpha value is -1.20. The van der Waals surface area contributed by atoms with Gasteiger partial charge in [-0.2, -0.15) is 0 Å². The van der Waals surface area contributed by atoms with Crippen molar-refractivity contribution in [2.45, 2.75) is 58.0 Å². The largest absolute Gasteiger partial charge is 0.481 e. The van der Waals surface area contributed by atoms with Crippen LogP contribution in [-0.2, 0) is 9.59 Å². The second-order valence-corrected chi connectivity index (χ2v) is 6.22. The van der Waals surface area contributed by atoms with Crippen LogP contribution in [0.3, 0.4) is 0 Å². The Morgan fingerprint density at radius 3 is 2.62 bits per heavy atom.